The highest BCUT2D eigenvalue weighted by molar-refractivity contribution is 9.11. The van der Waals surface area contributed by atoms with Crippen molar-refractivity contribution in [2.75, 3.05) is 11.9 Å². The van der Waals surface area contributed by atoms with Gasteiger partial charge in [0.05, 0.1) is 11.4 Å². The van der Waals surface area contributed by atoms with Gasteiger partial charge in [-0.05, 0) is 70.3 Å². The maximum atomic E-state index is 12.0. The van der Waals surface area contributed by atoms with Gasteiger partial charge in [-0.25, -0.2) is 4.79 Å². The van der Waals surface area contributed by atoms with Crippen molar-refractivity contribution >= 4 is 49.4 Å². The van der Waals surface area contributed by atoms with Crippen molar-refractivity contribution in [3.63, 3.8) is 0 Å². The summed E-state index contributed by atoms with van der Waals surface area (Å²) in [5, 5.41) is 6.36. The van der Waals surface area contributed by atoms with Gasteiger partial charge in [0.25, 0.3) is 5.91 Å². The van der Waals surface area contributed by atoms with Crippen LogP contribution in [-0.4, -0.2) is 23.6 Å². The zero-order valence-electron chi connectivity index (χ0n) is 12.7. The number of aromatic nitrogens is 1. The lowest BCUT2D eigenvalue weighted by Crippen LogP contribution is -2.21. The number of hydrogen-bond acceptors (Lipinski definition) is 5. The molecule has 0 bridgehead atoms. The highest BCUT2D eigenvalue weighted by Crippen LogP contribution is 2.32. The van der Waals surface area contributed by atoms with Crippen LogP contribution in [0.2, 0.25) is 0 Å². The van der Waals surface area contributed by atoms with Crippen LogP contribution in [0.1, 0.15) is 27.4 Å². The fourth-order valence-corrected chi connectivity index (χ4v) is 3.59. The minimum Gasteiger partial charge on any atom is -0.452 e. The molecule has 0 aliphatic carbocycles. The molecule has 1 N–H and O–H groups in total. The molecule has 1 heterocycles. The zero-order valence-corrected chi connectivity index (χ0v) is 15.9. The summed E-state index contributed by atoms with van der Waals surface area (Å²) in [4.78, 5) is 23.9. The molecule has 2 aromatic rings. The summed E-state index contributed by atoms with van der Waals surface area (Å²) in [6.45, 7) is 4.77. The summed E-state index contributed by atoms with van der Waals surface area (Å²) in [5.41, 5.74) is 2.29. The number of halogens is 2. The van der Waals surface area contributed by atoms with Crippen LogP contribution in [0.25, 0.3) is 0 Å². The molecule has 122 valence electrons. The Morgan fingerprint density at radius 1 is 1.22 bits per heavy atom. The number of rotatable bonds is 4. The van der Waals surface area contributed by atoms with Gasteiger partial charge in [0.15, 0.2) is 6.61 Å². The molecule has 0 radical (unpaired) electrons. The molecular weight excluding hydrogens is 432 g/mol. The highest BCUT2D eigenvalue weighted by atomic mass is 79.9. The van der Waals surface area contributed by atoms with Gasteiger partial charge in [-0.3, -0.25) is 4.79 Å². The summed E-state index contributed by atoms with van der Waals surface area (Å²) >= 11 is 6.77. The number of anilines is 1. The Labute approximate surface area is 149 Å². The molecule has 0 unspecified atom stereocenters. The first-order valence-electron chi connectivity index (χ1n) is 6.65. The maximum absolute atomic E-state index is 12.0. The topological polar surface area (TPSA) is 81.4 Å². The van der Waals surface area contributed by atoms with Crippen LogP contribution in [0, 0.1) is 20.8 Å². The van der Waals surface area contributed by atoms with Gasteiger partial charge in [-0.1, -0.05) is 5.16 Å². The molecular formula is C15H14Br2N2O4. The quantitative estimate of drug-likeness (QED) is 0.721. The fraction of sp³-hybridized carbons (Fsp3) is 0.267. The Bertz CT molecular complexity index is 728. The second-order valence-corrected chi connectivity index (χ2v) is 6.64. The molecule has 1 aromatic heterocycles. The fourth-order valence-electron chi connectivity index (χ4n) is 1.97. The molecule has 2 rings (SSSR count). The standard InChI is InChI=1S/C15H14Br2N2O4/c1-7-4-10(16)14(11(17)5-7)18-12(20)6-22-15(21)13-8(2)19-23-9(13)3/h4-5H,6H2,1-3H3,(H,18,20). The van der Waals surface area contributed by atoms with E-state index < -0.39 is 18.5 Å². The number of nitrogens with zero attached hydrogens (tertiary/aromatic N) is 1. The molecule has 0 aliphatic heterocycles. The molecule has 1 amide bonds. The lowest BCUT2D eigenvalue weighted by Gasteiger charge is -2.11. The summed E-state index contributed by atoms with van der Waals surface area (Å²) < 4.78 is 11.4. The molecule has 1 aromatic carbocycles. The third kappa shape index (κ3) is 4.20. The van der Waals surface area contributed by atoms with E-state index in [0.29, 0.717) is 17.1 Å². The Kier molecular flexibility index (Phi) is 5.59. The van der Waals surface area contributed by atoms with Gasteiger partial charge >= 0.3 is 5.97 Å². The Morgan fingerprint density at radius 3 is 2.35 bits per heavy atom. The van der Waals surface area contributed by atoms with Crippen LogP contribution in [0.5, 0.6) is 0 Å². The average Bonchev–Trinajstić information content (AvgIpc) is 2.79. The Balaban J connectivity index is 2.00. The van der Waals surface area contributed by atoms with Crippen LogP contribution < -0.4 is 5.32 Å². The monoisotopic (exact) mass is 444 g/mol. The lowest BCUT2D eigenvalue weighted by atomic mass is 10.2. The molecule has 0 saturated carbocycles. The molecule has 8 heteroatoms. The summed E-state index contributed by atoms with van der Waals surface area (Å²) in [6, 6.07) is 3.74. The molecule has 0 fully saturated rings. The first-order chi connectivity index (χ1) is 10.8. The van der Waals surface area contributed by atoms with Crippen molar-refractivity contribution in [3.05, 3.63) is 43.7 Å². The first-order valence-corrected chi connectivity index (χ1v) is 8.23. The van der Waals surface area contributed by atoms with E-state index in [1.807, 2.05) is 19.1 Å². The normalized spacial score (nSPS) is 10.5. The first kappa shape index (κ1) is 17.7. The molecule has 0 atom stereocenters. The van der Waals surface area contributed by atoms with E-state index in [1.54, 1.807) is 13.8 Å². The van der Waals surface area contributed by atoms with Crippen LogP contribution in [-0.2, 0) is 9.53 Å². The molecule has 0 saturated heterocycles. The Morgan fingerprint density at radius 2 is 1.83 bits per heavy atom. The van der Waals surface area contributed by atoms with Gasteiger partial charge in [-0.15, -0.1) is 0 Å². The lowest BCUT2D eigenvalue weighted by molar-refractivity contribution is -0.119. The minimum absolute atomic E-state index is 0.246. The van der Waals surface area contributed by atoms with Crippen LogP contribution in [0.4, 0.5) is 5.69 Å². The van der Waals surface area contributed by atoms with E-state index in [-0.39, 0.29) is 5.56 Å². The van der Waals surface area contributed by atoms with Gasteiger partial charge in [0.2, 0.25) is 0 Å². The third-order valence-electron chi connectivity index (χ3n) is 3.02. The van der Waals surface area contributed by atoms with Crippen LogP contribution in [0.15, 0.2) is 25.6 Å². The van der Waals surface area contributed by atoms with E-state index in [9.17, 15) is 9.59 Å². The average molecular weight is 446 g/mol. The number of carbonyl (C=O) groups excluding carboxylic acids is 2. The van der Waals surface area contributed by atoms with Gasteiger partial charge in [0.1, 0.15) is 11.3 Å². The summed E-state index contributed by atoms with van der Waals surface area (Å²) in [5.74, 6) is -0.731. The number of nitrogens with one attached hydrogen (secondary N) is 1. The second kappa shape index (κ2) is 7.27. The van der Waals surface area contributed by atoms with E-state index in [1.165, 1.54) is 0 Å². The Hall–Kier alpha value is -1.67. The molecule has 6 nitrogen and oxygen atoms in total. The van der Waals surface area contributed by atoms with Crippen molar-refractivity contribution < 1.29 is 18.8 Å². The maximum Gasteiger partial charge on any atom is 0.344 e. The van der Waals surface area contributed by atoms with Gasteiger partial charge in [-0.2, -0.15) is 0 Å². The molecule has 0 aliphatic rings. The minimum atomic E-state index is -0.640. The van der Waals surface area contributed by atoms with Gasteiger partial charge in [0, 0.05) is 8.95 Å². The summed E-state index contributed by atoms with van der Waals surface area (Å²) in [7, 11) is 0. The predicted molar refractivity (Wildman–Crippen MR) is 91.5 cm³/mol. The second-order valence-electron chi connectivity index (χ2n) is 4.93. The van der Waals surface area contributed by atoms with Crippen molar-refractivity contribution in [1.82, 2.24) is 5.16 Å². The van der Waals surface area contributed by atoms with Crippen molar-refractivity contribution in [2.45, 2.75) is 20.8 Å². The van der Waals surface area contributed by atoms with E-state index in [4.69, 9.17) is 9.26 Å². The number of ether oxygens (including phenoxy) is 1. The van der Waals surface area contributed by atoms with Crippen LogP contribution in [0.3, 0.4) is 0 Å². The number of esters is 1. The molecule has 0 spiro atoms. The van der Waals surface area contributed by atoms with Crippen molar-refractivity contribution in [3.8, 4) is 0 Å². The third-order valence-corrected chi connectivity index (χ3v) is 4.27. The number of hydrogen-bond donors (Lipinski definition) is 1. The molecule has 23 heavy (non-hydrogen) atoms. The number of carbonyl (C=O) groups is 2. The largest absolute Gasteiger partial charge is 0.452 e. The van der Waals surface area contributed by atoms with E-state index in [0.717, 1.165) is 14.5 Å². The van der Waals surface area contributed by atoms with Crippen molar-refractivity contribution in [2.24, 2.45) is 0 Å². The van der Waals surface area contributed by atoms with Crippen molar-refractivity contribution in [1.29, 1.82) is 0 Å². The zero-order chi connectivity index (χ0) is 17.1. The van der Waals surface area contributed by atoms with Gasteiger partial charge < -0.3 is 14.6 Å². The predicted octanol–water partition coefficient (Wildman–Crippen LogP) is 3.92. The highest BCUT2D eigenvalue weighted by Gasteiger charge is 2.20. The number of aryl methyl sites for hydroxylation is 3. The smallest absolute Gasteiger partial charge is 0.344 e. The summed E-state index contributed by atoms with van der Waals surface area (Å²) in [6.07, 6.45) is 0. The SMILES string of the molecule is Cc1cc(Br)c(NC(=O)COC(=O)c2c(C)noc2C)c(Br)c1. The number of benzene rings is 1. The van der Waals surface area contributed by atoms with E-state index >= 15 is 0 Å². The van der Waals surface area contributed by atoms with E-state index in [2.05, 4.69) is 42.3 Å². The van der Waals surface area contributed by atoms with Crippen LogP contribution >= 0.6 is 31.9 Å². The number of amides is 1.